The second kappa shape index (κ2) is 6.87. The zero-order chi connectivity index (χ0) is 18.3. The Morgan fingerprint density at radius 2 is 2.28 bits per heavy atom. The minimum Gasteiger partial charge on any atom is -0.390 e. The van der Waals surface area contributed by atoms with E-state index in [1.807, 2.05) is 20.9 Å². The standard InChI is InChI=1S/C15H23N5O4S/c1-4-8(21)9-5-7(6(2)17-3)13(24-9)20-11-10(25-15(20)23)12(22)19-14(16)18-11/h6-9,13,17,21H,4-5H2,1-3H3,(H3,16,18,19,22)/t6-,7-,8-,9?,13+/m0/s1. The molecule has 2 aromatic heterocycles. The summed E-state index contributed by atoms with van der Waals surface area (Å²) in [6, 6.07) is 0.0419. The number of hydrogen-bond donors (Lipinski definition) is 4. The van der Waals surface area contributed by atoms with Gasteiger partial charge in [-0.05, 0) is 26.8 Å². The molecule has 9 nitrogen and oxygen atoms in total. The molecule has 0 amide bonds. The molecule has 1 fully saturated rings. The zero-order valence-electron chi connectivity index (χ0n) is 14.4. The van der Waals surface area contributed by atoms with Crippen molar-refractivity contribution in [2.24, 2.45) is 5.92 Å². The molecule has 0 radical (unpaired) electrons. The van der Waals surface area contributed by atoms with Gasteiger partial charge < -0.3 is 20.9 Å². The fourth-order valence-corrected chi connectivity index (χ4v) is 4.16. The second-order valence-corrected chi connectivity index (χ2v) is 7.32. The highest BCUT2D eigenvalue weighted by Crippen LogP contribution is 2.39. The first kappa shape index (κ1) is 18.1. The van der Waals surface area contributed by atoms with Gasteiger partial charge in [0.2, 0.25) is 5.95 Å². The number of aliphatic hydroxyl groups is 1. The van der Waals surface area contributed by atoms with Gasteiger partial charge in [0, 0.05) is 12.0 Å². The Labute approximate surface area is 147 Å². The molecule has 1 aliphatic heterocycles. The van der Waals surface area contributed by atoms with Crippen LogP contribution in [0.2, 0.25) is 0 Å². The number of nitrogens with one attached hydrogen (secondary N) is 2. The topological polar surface area (TPSA) is 135 Å². The lowest BCUT2D eigenvalue weighted by molar-refractivity contribution is -0.0669. The zero-order valence-corrected chi connectivity index (χ0v) is 15.2. The minimum absolute atomic E-state index is 0.0419. The predicted octanol–water partition coefficient (Wildman–Crippen LogP) is 0.0110. The average Bonchev–Trinajstić information content (AvgIpc) is 3.14. The second-order valence-electron chi connectivity index (χ2n) is 6.36. The first-order valence-electron chi connectivity index (χ1n) is 8.29. The van der Waals surface area contributed by atoms with Crippen LogP contribution in [0, 0.1) is 5.92 Å². The van der Waals surface area contributed by atoms with E-state index in [4.69, 9.17) is 10.5 Å². The fraction of sp³-hybridized carbons (Fsp3) is 0.667. The Balaban J connectivity index is 2.12. The summed E-state index contributed by atoms with van der Waals surface area (Å²) in [5, 5.41) is 13.4. The lowest BCUT2D eigenvalue weighted by Crippen LogP contribution is -2.36. The van der Waals surface area contributed by atoms with Crippen molar-refractivity contribution in [3.8, 4) is 0 Å². The minimum atomic E-state index is -0.622. The van der Waals surface area contributed by atoms with Gasteiger partial charge >= 0.3 is 4.87 Å². The van der Waals surface area contributed by atoms with Crippen LogP contribution in [0.15, 0.2) is 9.59 Å². The Bertz CT molecular complexity index is 875. The van der Waals surface area contributed by atoms with Gasteiger partial charge in [0.25, 0.3) is 5.56 Å². The number of H-pyrrole nitrogens is 1. The molecule has 1 unspecified atom stereocenters. The quantitative estimate of drug-likeness (QED) is 0.583. The van der Waals surface area contributed by atoms with Crippen LogP contribution in [0.4, 0.5) is 5.95 Å². The average molecular weight is 369 g/mol. The molecule has 0 bridgehead atoms. The van der Waals surface area contributed by atoms with Gasteiger partial charge in [-0.25, -0.2) is 0 Å². The largest absolute Gasteiger partial charge is 0.390 e. The van der Waals surface area contributed by atoms with E-state index in [9.17, 15) is 14.7 Å². The SMILES string of the molecule is CC[C@H](O)C1C[C@@H]([C@H](C)NC)[C@H](n2c(=O)sc3c(=O)[nH]c(N)nc32)O1. The third-order valence-electron chi connectivity index (χ3n) is 4.88. The summed E-state index contributed by atoms with van der Waals surface area (Å²) < 4.78 is 7.67. The lowest BCUT2D eigenvalue weighted by Gasteiger charge is -2.24. The van der Waals surface area contributed by atoms with Crippen molar-refractivity contribution in [1.29, 1.82) is 0 Å². The number of rotatable bonds is 5. The van der Waals surface area contributed by atoms with Gasteiger partial charge in [-0.3, -0.25) is 19.1 Å². The summed E-state index contributed by atoms with van der Waals surface area (Å²) in [6.07, 6.45) is -0.453. The number of nitrogens with zero attached hydrogens (tertiary/aromatic N) is 2. The third kappa shape index (κ3) is 3.10. The summed E-state index contributed by atoms with van der Waals surface area (Å²) >= 11 is 0.820. The van der Waals surface area contributed by atoms with Crippen LogP contribution in [0.25, 0.3) is 10.3 Å². The number of nitrogens with two attached hydrogens (primary N) is 1. The summed E-state index contributed by atoms with van der Waals surface area (Å²) in [5.74, 6) is -0.112. The molecule has 2 aromatic rings. The van der Waals surface area contributed by atoms with E-state index in [0.717, 1.165) is 11.3 Å². The summed E-state index contributed by atoms with van der Waals surface area (Å²) in [7, 11) is 1.83. The number of anilines is 1. The maximum atomic E-state index is 12.6. The van der Waals surface area contributed by atoms with E-state index in [2.05, 4.69) is 15.3 Å². The molecule has 25 heavy (non-hydrogen) atoms. The Morgan fingerprint density at radius 1 is 1.56 bits per heavy atom. The normalized spacial score (nSPS) is 26.2. The maximum Gasteiger partial charge on any atom is 0.311 e. The van der Waals surface area contributed by atoms with E-state index in [0.29, 0.717) is 12.8 Å². The monoisotopic (exact) mass is 369 g/mol. The first-order chi connectivity index (χ1) is 11.9. The van der Waals surface area contributed by atoms with Gasteiger partial charge in [-0.1, -0.05) is 18.3 Å². The highest BCUT2D eigenvalue weighted by atomic mass is 32.1. The van der Waals surface area contributed by atoms with E-state index >= 15 is 0 Å². The van der Waals surface area contributed by atoms with Gasteiger partial charge in [0.15, 0.2) is 5.65 Å². The van der Waals surface area contributed by atoms with Gasteiger partial charge in [0.1, 0.15) is 10.9 Å². The molecule has 1 saturated heterocycles. The predicted molar refractivity (Wildman–Crippen MR) is 95.7 cm³/mol. The van der Waals surface area contributed by atoms with Crippen molar-refractivity contribution < 1.29 is 9.84 Å². The van der Waals surface area contributed by atoms with Gasteiger partial charge in [0.05, 0.1) is 12.2 Å². The van der Waals surface area contributed by atoms with Crippen LogP contribution in [0.1, 0.15) is 32.9 Å². The lowest BCUT2D eigenvalue weighted by atomic mass is 9.93. The molecule has 5 atom stereocenters. The molecule has 3 heterocycles. The molecule has 0 aromatic carbocycles. The highest BCUT2D eigenvalue weighted by Gasteiger charge is 2.43. The summed E-state index contributed by atoms with van der Waals surface area (Å²) in [4.78, 5) is 30.9. The number of aromatic amines is 1. The van der Waals surface area contributed by atoms with Crippen molar-refractivity contribution in [2.45, 2.75) is 51.2 Å². The van der Waals surface area contributed by atoms with Crippen LogP contribution in [-0.4, -0.2) is 44.9 Å². The van der Waals surface area contributed by atoms with Crippen LogP contribution in [0.3, 0.4) is 0 Å². The number of nitrogen functional groups attached to an aromatic ring is 1. The van der Waals surface area contributed by atoms with Gasteiger partial charge in [-0.2, -0.15) is 4.98 Å². The van der Waals surface area contributed by atoms with Crippen LogP contribution in [0.5, 0.6) is 0 Å². The molecule has 1 aliphatic rings. The third-order valence-corrected chi connectivity index (χ3v) is 5.82. The van der Waals surface area contributed by atoms with Crippen LogP contribution >= 0.6 is 11.3 Å². The molecule has 3 rings (SSSR count). The van der Waals surface area contributed by atoms with E-state index < -0.39 is 17.9 Å². The van der Waals surface area contributed by atoms with Crippen molar-refractivity contribution in [1.82, 2.24) is 19.9 Å². The molecular formula is C15H23N5O4S. The Kier molecular flexibility index (Phi) is 4.96. The van der Waals surface area contributed by atoms with Crippen LogP contribution < -0.4 is 21.5 Å². The van der Waals surface area contributed by atoms with Crippen molar-refractivity contribution >= 4 is 27.6 Å². The number of thiazole rings is 1. The molecule has 138 valence electrons. The maximum absolute atomic E-state index is 12.6. The highest BCUT2D eigenvalue weighted by molar-refractivity contribution is 7.16. The Hall–Kier alpha value is -1.75. The van der Waals surface area contributed by atoms with Crippen molar-refractivity contribution in [3.63, 3.8) is 0 Å². The first-order valence-corrected chi connectivity index (χ1v) is 9.10. The molecule has 0 saturated carbocycles. The van der Waals surface area contributed by atoms with E-state index in [1.54, 1.807) is 0 Å². The smallest absolute Gasteiger partial charge is 0.311 e. The molecular weight excluding hydrogens is 346 g/mol. The number of ether oxygens (including phenoxy) is 1. The number of hydrogen-bond acceptors (Lipinski definition) is 8. The molecule has 10 heteroatoms. The number of fused-ring (bicyclic) bond motifs is 1. The Morgan fingerprint density at radius 3 is 2.92 bits per heavy atom. The van der Waals surface area contributed by atoms with Crippen LogP contribution in [-0.2, 0) is 4.74 Å². The number of aliphatic hydroxyl groups excluding tert-OH is 1. The molecule has 0 spiro atoms. The van der Waals surface area contributed by atoms with Gasteiger partial charge in [-0.15, -0.1) is 0 Å². The van der Waals surface area contributed by atoms with Crippen molar-refractivity contribution in [2.75, 3.05) is 12.8 Å². The van der Waals surface area contributed by atoms with E-state index in [-0.39, 0.29) is 39.2 Å². The summed E-state index contributed by atoms with van der Waals surface area (Å²) in [5.41, 5.74) is 5.43. The van der Waals surface area contributed by atoms with E-state index in [1.165, 1.54) is 4.57 Å². The molecule has 5 N–H and O–H groups in total. The summed E-state index contributed by atoms with van der Waals surface area (Å²) in [6.45, 7) is 3.88. The van der Waals surface area contributed by atoms with Crippen molar-refractivity contribution in [3.05, 3.63) is 20.0 Å². The fourth-order valence-electron chi connectivity index (χ4n) is 3.32. The molecule has 0 aliphatic carbocycles. The number of aromatic nitrogens is 3.